The van der Waals surface area contributed by atoms with Crippen molar-refractivity contribution >= 4 is 28.9 Å². The van der Waals surface area contributed by atoms with Gasteiger partial charge in [0.2, 0.25) is 0 Å². The fourth-order valence-electron chi connectivity index (χ4n) is 5.31. The van der Waals surface area contributed by atoms with E-state index in [1.165, 1.54) is 44.9 Å². The first kappa shape index (κ1) is 25.4. The van der Waals surface area contributed by atoms with Crippen molar-refractivity contribution in [3.8, 4) is 0 Å². The van der Waals surface area contributed by atoms with E-state index in [9.17, 15) is 4.79 Å². The van der Waals surface area contributed by atoms with Crippen molar-refractivity contribution in [2.75, 3.05) is 5.32 Å². The fourth-order valence-corrected chi connectivity index (χ4v) is 5.31. The van der Waals surface area contributed by atoms with Gasteiger partial charge < -0.3 is 15.0 Å². The molecule has 9 heteroatoms. The molecular weight excluding hydrogens is 442 g/mol. The summed E-state index contributed by atoms with van der Waals surface area (Å²) in [7, 11) is 0. The van der Waals surface area contributed by atoms with E-state index in [1.54, 1.807) is 0 Å². The van der Waals surface area contributed by atoms with E-state index >= 15 is 0 Å². The number of amidine groups is 1. The van der Waals surface area contributed by atoms with Crippen molar-refractivity contribution in [1.29, 1.82) is 5.41 Å². The van der Waals surface area contributed by atoms with Gasteiger partial charge in [0, 0.05) is 19.0 Å². The molecule has 0 radical (unpaired) electrons. The lowest BCUT2D eigenvalue weighted by molar-refractivity contribution is 0.200. The van der Waals surface area contributed by atoms with Gasteiger partial charge in [-0.15, -0.1) is 0 Å². The van der Waals surface area contributed by atoms with E-state index in [1.807, 2.05) is 0 Å². The SMILES string of the molecule is C[C@@H](Nc1nc(C(=N)NC(=O)O)nc2nc(CC(C)(C)C)n(C[C@H]3CC[C@H](C)CC3)c12)C1CCC1. The largest absolute Gasteiger partial charge is 0.465 e. The van der Waals surface area contributed by atoms with Crippen LogP contribution in [-0.4, -0.2) is 42.6 Å². The molecule has 4 rings (SSSR count). The van der Waals surface area contributed by atoms with Crippen molar-refractivity contribution in [2.45, 2.75) is 98.6 Å². The van der Waals surface area contributed by atoms with E-state index in [0.717, 1.165) is 30.2 Å². The number of nitrogens with zero attached hydrogens (tertiary/aromatic N) is 4. The molecule has 0 unspecified atom stereocenters. The van der Waals surface area contributed by atoms with Crippen LogP contribution in [0.3, 0.4) is 0 Å². The molecule has 2 aromatic rings. The molecule has 0 saturated heterocycles. The number of hydrogen-bond donors (Lipinski definition) is 4. The number of anilines is 1. The minimum Gasteiger partial charge on any atom is -0.465 e. The van der Waals surface area contributed by atoms with Crippen LogP contribution in [0, 0.1) is 28.6 Å². The molecule has 0 aromatic carbocycles. The summed E-state index contributed by atoms with van der Waals surface area (Å²) in [4.78, 5) is 25.3. The zero-order valence-corrected chi connectivity index (χ0v) is 21.8. The summed E-state index contributed by atoms with van der Waals surface area (Å²) in [6.45, 7) is 12.0. The number of fused-ring (bicyclic) bond motifs is 1. The Kier molecular flexibility index (Phi) is 7.33. The van der Waals surface area contributed by atoms with Crippen LogP contribution in [-0.2, 0) is 13.0 Å². The molecule has 192 valence electrons. The number of carboxylic acid groups (broad SMARTS) is 1. The second-order valence-corrected chi connectivity index (χ2v) is 12.0. The topological polar surface area (TPSA) is 129 Å². The van der Waals surface area contributed by atoms with E-state index < -0.39 is 6.09 Å². The maximum Gasteiger partial charge on any atom is 0.410 e. The van der Waals surface area contributed by atoms with Crippen LogP contribution in [0.15, 0.2) is 0 Å². The zero-order chi connectivity index (χ0) is 25.3. The van der Waals surface area contributed by atoms with Gasteiger partial charge in [-0.25, -0.2) is 19.7 Å². The highest BCUT2D eigenvalue weighted by atomic mass is 16.4. The average molecular weight is 484 g/mol. The van der Waals surface area contributed by atoms with Gasteiger partial charge in [0.25, 0.3) is 0 Å². The van der Waals surface area contributed by atoms with Gasteiger partial charge in [-0.05, 0) is 55.8 Å². The number of hydrogen-bond acceptors (Lipinski definition) is 6. The summed E-state index contributed by atoms with van der Waals surface area (Å²) in [5, 5.41) is 23.0. The highest BCUT2D eigenvalue weighted by Gasteiger charge is 2.29. The minimum atomic E-state index is -1.30. The van der Waals surface area contributed by atoms with E-state index in [2.05, 4.69) is 59.8 Å². The lowest BCUT2D eigenvalue weighted by atomic mass is 9.80. The van der Waals surface area contributed by atoms with Crippen LogP contribution in [0.5, 0.6) is 0 Å². The average Bonchev–Trinajstić information content (AvgIpc) is 3.03. The van der Waals surface area contributed by atoms with Crippen LogP contribution < -0.4 is 10.6 Å². The third-order valence-corrected chi connectivity index (χ3v) is 7.62. The Morgan fingerprint density at radius 3 is 2.40 bits per heavy atom. The van der Waals surface area contributed by atoms with Gasteiger partial charge >= 0.3 is 6.09 Å². The summed E-state index contributed by atoms with van der Waals surface area (Å²) in [5.74, 6) is 3.30. The summed E-state index contributed by atoms with van der Waals surface area (Å²) in [6, 6.07) is 0.223. The molecule has 0 aliphatic heterocycles. The van der Waals surface area contributed by atoms with Crippen LogP contribution in [0.1, 0.15) is 91.2 Å². The van der Waals surface area contributed by atoms with Crippen molar-refractivity contribution in [3.05, 3.63) is 11.6 Å². The van der Waals surface area contributed by atoms with E-state index in [0.29, 0.717) is 23.3 Å². The number of nitrogens with one attached hydrogen (secondary N) is 3. The zero-order valence-electron chi connectivity index (χ0n) is 21.8. The predicted molar refractivity (Wildman–Crippen MR) is 138 cm³/mol. The molecule has 1 amide bonds. The Bertz CT molecular complexity index is 1080. The third kappa shape index (κ3) is 6.11. The van der Waals surface area contributed by atoms with Crippen molar-refractivity contribution in [2.24, 2.45) is 23.2 Å². The first-order valence-corrected chi connectivity index (χ1v) is 13.1. The number of carbonyl (C=O) groups is 1. The predicted octanol–water partition coefficient (Wildman–Crippen LogP) is 5.43. The summed E-state index contributed by atoms with van der Waals surface area (Å²) >= 11 is 0. The van der Waals surface area contributed by atoms with Gasteiger partial charge in [-0.1, -0.05) is 47.0 Å². The lowest BCUT2D eigenvalue weighted by Gasteiger charge is -2.32. The van der Waals surface area contributed by atoms with Gasteiger partial charge in [0.1, 0.15) is 11.3 Å². The first-order valence-electron chi connectivity index (χ1n) is 13.1. The maximum atomic E-state index is 11.2. The standard InChI is InChI=1S/C26H41N7O2/c1-15-9-11-17(12-10-15)14-33-19(13-26(3,4)5)29-23-20(33)22(28-16(2)18-7-6-8-18)31-24(32-23)21(27)30-25(34)35/h15-18H,6-14H2,1-5H3,(H2,27,30)(H,34,35)(H,28,31,32)/t15-,16-,17-/m1/s1. The summed E-state index contributed by atoms with van der Waals surface area (Å²) < 4.78 is 2.31. The number of amides is 1. The Morgan fingerprint density at radius 1 is 1.14 bits per heavy atom. The number of aromatic nitrogens is 4. The molecule has 2 aliphatic carbocycles. The molecule has 4 N–H and O–H groups in total. The van der Waals surface area contributed by atoms with E-state index in [4.69, 9.17) is 15.5 Å². The molecule has 9 nitrogen and oxygen atoms in total. The molecule has 2 fully saturated rings. The third-order valence-electron chi connectivity index (χ3n) is 7.62. The molecule has 35 heavy (non-hydrogen) atoms. The smallest absolute Gasteiger partial charge is 0.410 e. The van der Waals surface area contributed by atoms with Crippen LogP contribution in [0.25, 0.3) is 11.2 Å². The molecular formula is C26H41N7O2. The molecule has 0 bridgehead atoms. The van der Waals surface area contributed by atoms with E-state index in [-0.39, 0.29) is 23.1 Å². The van der Waals surface area contributed by atoms with Crippen molar-refractivity contribution in [3.63, 3.8) is 0 Å². The summed E-state index contributed by atoms with van der Waals surface area (Å²) in [6.07, 6.45) is 8.07. The van der Waals surface area contributed by atoms with Crippen LogP contribution in [0.2, 0.25) is 0 Å². The highest BCUT2D eigenvalue weighted by molar-refractivity contribution is 6.03. The lowest BCUT2D eigenvalue weighted by Crippen LogP contribution is -2.33. The molecule has 1 atom stereocenters. The van der Waals surface area contributed by atoms with Gasteiger partial charge in [-0.3, -0.25) is 10.7 Å². The molecule has 2 heterocycles. The first-order chi connectivity index (χ1) is 16.5. The molecule has 0 spiro atoms. The molecule has 2 aliphatic rings. The Balaban J connectivity index is 1.80. The monoisotopic (exact) mass is 483 g/mol. The normalized spacial score (nSPS) is 22.0. The second kappa shape index (κ2) is 10.1. The summed E-state index contributed by atoms with van der Waals surface area (Å²) in [5.41, 5.74) is 1.44. The maximum absolute atomic E-state index is 11.2. The second-order valence-electron chi connectivity index (χ2n) is 12.0. The van der Waals surface area contributed by atoms with Crippen molar-refractivity contribution in [1.82, 2.24) is 24.8 Å². The van der Waals surface area contributed by atoms with Crippen LogP contribution in [0.4, 0.5) is 10.6 Å². The highest BCUT2D eigenvalue weighted by Crippen LogP contribution is 2.35. The molecule has 2 aromatic heterocycles. The Hall–Kier alpha value is -2.71. The number of imidazole rings is 1. The van der Waals surface area contributed by atoms with Gasteiger partial charge in [0.05, 0.1) is 0 Å². The van der Waals surface area contributed by atoms with Gasteiger partial charge in [0.15, 0.2) is 23.1 Å². The Morgan fingerprint density at radius 2 is 1.83 bits per heavy atom. The van der Waals surface area contributed by atoms with Crippen LogP contribution >= 0.6 is 0 Å². The number of rotatable bonds is 7. The van der Waals surface area contributed by atoms with Crippen molar-refractivity contribution < 1.29 is 9.90 Å². The molecule has 2 saturated carbocycles. The quantitative estimate of drug-likeness (QED) is 0.307. The Labute approximate surface area is 208 Å². The minimum absolute atomic E-state index is 0.0425. The fraction of sp³-hybridized carbons (Fsp3) is 0.731. The van der Waals surface area contributed by atoms with Gasteiger partial charge in [-0.2, -0.15) is 0 Å².